The van der Waals surface area contributed by atoms with Crippen molar-refractivity contribution in [3.8, 4) is 0 Å². The van der Waals surface area contributed by atoms with Crippen molar-refractivity contribution >= 4 is 21.6 Å². The van der Waals surface area contributed by atoms with Gasteiger partial charge in [-0.2, -0.15) is 0 Å². The summed E-state index contributed by atoms with van der Waals surface area (Å²) in [6, 6.07) is 5.08. The predicted molar refractivity (Wildman–Crippen MR) is 74.5 cm³/mol. The van der Waals surface area contributed by atoms with Crippen molar-refractivity contribution in [3.05, 3.63) is 38.3 Å². The lowest BCUT2D eigenvalue weighted by molar-refractivity contribution is -0.385. The molecule has 1 rings (SSSR count). The Morgan fingerprint density at radius 1 is 1.39 bits per heavy atom. The average molecular weight is 316 g/mol. The second-order valence-electron chi connectivity index (χ2n) is 4.24. The lowest BCUT2D eigenvalue weighted by atomic mass is 10.1. The van der Waals surface area contributed by atoms with Gasteiger partial charge in [0.25, 0.3) is 5.69 Å². The number of rotatable bonds is 7. The van der Waals surface area contributed by atoms with E-state index in [1.165, 1.54) is 0 Å². The molecule has 0 aliphatic carbocycles. The fourth-order valence-corrected chi connectivity index (χ4v) is 2.05. The van der Waals surface area contributed by atoms with E-state index in [0.29, 0.717) is 23.6 Å². The highest BCUT2D eigenvalue weighted by Crippen LogP contribution is 2.26. The Balaban J connectivity index is 2.58. The van der Waals surface area contributed by atoms with Gasteiger partial charge >= 0.3 is 0 Å². The Hall–Kier alpha value is -0.940. The maximum absolute atomic E-state index is 10.8. The van der Waals surface area contributed by atoms with Crippen LogP contribution in [-0.4, -0.2) is 11.5 Å². The van der Waals surface area contributed by atoms with E-state index in [0.717, 1.165) is 18.4 Å². The molecule has 0 saturated carbocycles. The van der Waals surface area contributed by atoms with Crippen molar-refractivity contribution in [1.82, 2.24) is 0 Å². The van der Waals surface area contributed by atoms with Crippen molar-refractivity contribution in [2.75, 3.05) is 6.61 Å². The summed E-state index contributed by atoms with van der Waals surface area (Å²) in [4.78, 5) is 10.4. The largest absolute Gasteiger partial charge is 0.376 e. The van der Waals surface area contributed by atoms with Crippen LogP contribution in [0.2, 0.25) is 0 Å². The molecular formula is C13H18BrNO3. The molecule has 0 unspecified atom stereocenters. The number of nitro groups is 1. The molecule has 0 aliphatic rings. The highest BCUT2D eigenvalue weighted by molar-refractivity contribution is 9.10. The first-order chi connectivity index (χ1) is 8.58. The standard InChI is InChI=1S/C13H18BrNO3/c1-3-10(4-2)8-18-9-11-5-6-12(14)13(7-11)15(16)17/h5-7,10H,3-4,8-9H2,1-2H3. The summed E-state index contributed by atoms with van der Waals surface area (Å²) in [6.45, 7) is 5.41. The average Bonchev–Trinajstić information content (AvgIpc) is 2.36. The first-order valence-corrected chi connectivity index (χ1v) is 6.88. The van der Waals surface area contributed by atoms with Crippen LogP contribution in [0.15, 0.2) is 22.7 Å². The highest BCUT2D eigenvalue weighted by atomic mass is 79.9. The molecule has 0 radical (unpaired) electrons. The van der Waals surface area contributed by atoms with Crippen molar-refractivity contribution in [2.24, 2.45) is 5.92 Å². The lowest BCUT2D eigenvalue weighted by Gasteiger charge is -2.12. The van der Waals surface area contributed by atoms with Gasteiger partial charge in [0, 0.05) is 12.7 Å². The molecule has 0 bridgehead atoms. The van der Waals surface area contributed by atoms with Gasteiger partial charge in [-0.3, -0.25) is 10.1 Å². The van der Waals surface area contributed by atoms with Gasteiger partial charge in [-0.05, 0) is 33.5 Å². The maximum atomic E-state index is 10.8. The van der Waals surface area contributed by atoms with Gasteiger partial charge in [0.15, 0.2) is 0 Å². The van der Waals surface area contributed by atoms with Crippen LogP contribution in [0.5, 0.6) is 0 Å². The fraction of sp³-hybridized carbons (Fsp3) is 0.538. The van der Waals surface area contributed by atoms with E-state index >= 15 is 0 Å². The predicted octanol–water partition coefficient (Wildman–Crippen LogP) is 4.31. The lowest BCUT2D eigenvalue weighted by Crippen LogP contribution is -2.07. The van der Waals surface area contributed by atoms with Crippen LogP contribution in [0.3, 0.4) is 0 Å². The third-order valence-electron chi connectivity index (χ3n) is 2.98. The Morgan fingerprint density at radius 2 is 2.06 bits per heavy atom. The maximum Gasteiger partial charge on any atom is 0.283 e. The van der Waals surface area contributed by atoms with Crippen molar-refractivity contribution in [1.29, 1.82) is 0 Å². The summed E-state index contributed by atoms with van der Waals surface area (Å²) in [5.41, 5.74) is 0.912. The quantitative estimate of drug-likeness (QED) is 0.556. The van der Waals surface area contributed by atoms with E-state index in [1.807, 2.05) is 6.07 Å². The SMILES string of the molecule is CCC(CC)COCc1ccc(Br)c([N+](=O)[O-])c1. The molecule has 18 heavy (non-hydrogen) atoms. The molecule has 0 saturated heterocycles. The van der Waals surface area contributed by atoms with Crippen molar-refractivity contribution in [2.45, 2.75) is 33.3 Å². The molecule has 1 aromatic rings. The Bertz CT molecular complexity index is 405. The molecule has 5 heteroatoms. The van der Waals surface area contributed by atoms with Gasteiger partial charge in [0.2, 0.25) is 0 Å². The molecule has 0 aliphatic heterocycles. The van der Waals surface area contributed by atoms with Gasteiger partial charge in [-0.15, -0.1) is 0 Å². The molecular weight excluding hydrogens is 298 g/mol. The molecule has 0 heterocycles. The molecule has 0 atom stereocenters. The van der Waals surface area contributed by atoms with E-state index in [9.17, 15) is 10.1 Å². The van der Waals surface area contributed by atoms with Gasteiger partial charge in [0.1, 0.15) is 0 Å². The van der Waals surface area contributed by atoms with Crippen molar-refractivity contribution < 1.29 is 9.66 Å². The number of hydrogen-bond acceptors (Lipinski definition) is 3. The Morgan fingerprint density at radius 3 is 2.61 bits per heavy atom. The summed E-state index contributed by atoms with van der Waals surface area (Å²) in [5.74, 6) is 0.565. The third-order valence-corrected chi connectivity index (χ3v) is 3.65. The number of ether oxygens (including phenoxy) is 1. The molecule has 0 spiro atoms. The second-order valence-corrected chi connectivity index (χ2v) is 5.09. The molecule has 100 valence electrons. The summed E-state index contributed by atoms with van der Waals surface area (Å²) < 4.78 is 6.10. The van der Waals surface area contributed by atoms with Crippen LogP contribution in [0, 0.1) is 16.0 Å². The minimum atomic E-state index is -0.394. The smallest absolute Gasteiger partial charge is 0.283 e. The normalized spacial score (nSPS) is 10.9. The summed E-state index contributed by atoms with van der Waals surface area (Å²) in [5, 5.41) is 10.8. The zero-order valence-corrected chi connectivity index (χ0v) is 12.3. The van der Waals surface area contributed by atoms with E-state index in [4.69, 9.17) is 4.74 Å². The third kappa shape index (κ3) is 4.38. The number of hydrogen-bond donors (Lipinski definition) is 0. The van der Waals surface area contributed by atoms with E-state index in [-0.39, 0.29) is 5.69 Å². The Labute approximate surface area is 116 Å². The van der Waals surface area contributed by atoms with Gasteiger partial charge in [0.05, 0.1) is 16.0 Å². The number of halogens is 1. The first-order valence-electron chi connectivity index (χ1n) is 6.09. The zero-order chi connectivity index (χ0) is 13.5. The van der Waals surface area contributed by atoms with E-state index < -0.39 is 4.92 Å². The number of benzene rings is 1. The van der Waals surface area contributed by atoms with Crippen LogP contribution >= 0.6 is 15.9 Å². The molecule has 0 aromatic heterocycles. The van der Waals surface area contributed by atoms with Crippen LogP contribution in [0.1, 0.15) is 32.3 Å². The minimum Gasteiger partial charge on any atom is -0.376 e. The number of nitrogens with zero attached hydrogens (tertiary/aromatic N) is 1. The summed E-state index contributed by atoms with van der Waals surface area (Å²) >= 11 is 3.16. The monoisotopic (exact) mass is 315 g/mol. The van der Waals surface area contributed by atoms with Gasteiger partial charge in [-0.25, -0.2) is 0 Å². The molecule has 0 N–H and O–H groups in total. The molecule has 1 aromatic carbocycles. The van der Waals surface area contributed by atoms with Crippen LogP contribution in [0.25, 0.3) is 0 Å². The zero-order valence-electron chi connectivity index (χ0n) is 10.7. The van der Waals surface area contributed by atoms with Crippen molar-refractivity contribution in [3.63, 3.8) is 0 Å². The number of nitro benzene ring substituents is 1. The molecule has 0 amide bonds. The molecule has 0 fully saturated rings. The van der Waals surface area contributed by atoms with Crippen LogP contribution in [0.4, 0.5) is 5.69 Å². The van der Waals surface area contributed by atoms with Crippen LogP contribution in [-0.2, 0) is 11.3 Å². The van der Waals surface area contributed by atoms with Gasteiger partial charge < -0.3 is 4.74 Å². The second kappa shape index (κ2) is 7.48. The highest BCUT2D eigenvalue weighted by Gasteiger charge is 2.12. The van der Waals surface area contributed by atoms with E-state index in [2.05, 4.69) is 29.8 Å². The summed E-state index contributed by atoms with van der Waals surface area (Å²) in [7, 11) is 0. The Kier molecular flexibility index (Phi) is 6.29. The molecule has 4 nitrogen and oxygen atoms in total. The fourth-order valence-electron chi connectivity index (χ4n) is 1.66. The summed E-state index contributed by atoms with van der Waals surface area (Å²) in [6.07, 6.45) is 2.19. The first kappa shape index (κ1) is 15.1. The van der Waals surface area contributed by atoms with Crippen LogP contribution < -0.4 is 0 Å². The topological polar surface area (TPSA) is 52.4 Å². The van der Waals surface area contributed by atoms with Gasteiger partial charge in [-0.1, -0.05) is 32.8 Å². The minimum absolute atomic E-state index is 0.0821. The van der Waals surface area contributed by atoms with E-state index in [1.54, 1.807) is 12.1 Å².